The van der Waals surface area contributed by atoms with Gasteiger partial charge in [-0.05, 0) is 68.5 Å². The van der Waals surface area contributed by atoms with E-state index in [0.29, 0.717) is 35.6 Å². The maximum absolute atomic E-state index is 13.2. The zero-order chi connectivity index (χ0) is 28.1. The van der Waals surface area contributed by atoms with Gasteiger partial charge in [-0.3, -0.25) is 9.59 Å². The predicted molar refractivity (Wildman–Crippen MR) is 147 cm³/mol. The van der Waals surface area contributed by atoms with Gasteiger partial charge in [-0.25, -0.2) is 4.79 Å². The molecule has 1 amide bonds. The summed E-state index contributed by atoms with van der Waals surface area (Å²) in [6, 6.07) is 20.5. The van der Waals surface area contributed by atoms with Crippen molar-refractivity contribution in [2.45, 2.75) is 19.6 Å². The summed E-state index contributed by atoms with van der Waals surface area (Å²) in [5, 5.41) is 11.3. The molecule has 0 spiro atoms. The van der Waals surface area contributed by atoms with E-state index in [1.165, 1.54) is 12.0 Å². The molecular weight excluding hydrogens is 496 g/mol. The molecule has 0 saturated carbocycles. The van der Waals surface area contributed by atoms with Gasteiger partial charge in [0, 0.05) is 18.7 Å². The molecule has 0 bridgehead atoms. The number of ketones is 1. The number of hydrogen-bond donors (Lipinski definition) is 1. The lowest BCUT2D eigenvalue weighted by Gasteiger charge is -2.26. The van der Waals surface area contributed by atoms with Crippen LogP contribution in [0.3, 0.4) is 0 Å². The van der Waals surface area contributed by atoms with Crippen LogP contribution in [-0.4, -0.2) is 66.9 Å². The van der Waals surface area contributed by atoms with Crippen LogP contribution in [0.15, 0.2) is 78.4 Å². The molecule has 8 nitrogen and oxygen atoms in total. The number of aliphatic hydroxyl groups is 1. The van der Waals surface area contributed by atoms with Crippen molar-refractivity contribution in [1.82, 2.24) is 9.80 Å². The minimum atomic E-state index is -0.811. The molecule has 1 aliphatic heterocycles. The number of methoxy groups -OCH3 is 1. The number of amides is 1. The van der Waals surface area contributed by atoms with Crippen LogP contribution in [0.5, 0.6) is 5.75 Å². The summed E-state index contributed by atoms with van der Waals surface area (Å²) in [5.74, 6) is -1.60. The fraction of sp³-hybridized carbons (Fsp3) is 0.258. The van der Waals surface area contributed by atoms with E-state index in [0.717, 1.165) is 11.1 Å². The molecule has 0 radical (unpaired) electrons. The molecule has 1 fully saturated rings. The highest BCUT2D eigenvalue weighted by molar-refractivity contribution is 6.46. The summed E-state index contributed by atoms with van der Waals surface area (Å²) in [4.78, 5) is 41.6. The first-order chi connectivity index (χ1) is 18.7. The Morgan fingerprint density at radius 3 is 2.26 bits per heavy atom. The lowest BCUT2D eigenvalue weighted by molar-refractivity contribution is -0.140. The van der Waals surface area contributed by atoms with Crippen LogP contribution >= 0.6 is 0 Å². The van der Waals surface area contributed by atoms with Crippen LogP contribution in [0.1, 0.15) is 38.7 Å². The van der Waals surface area contributed by atoms with Crippen LogP contribution in [0.25, 0.3) is 5.76 Å². The number of aryl methyl sites for hydroxylation is 1. The molecule has 1 N–H and O–H groups in total. The fourth-order valence-corrected chi connectivity index (χ4v) is 4.52. The van der Waals surface area contributed by atoms with Crippen LogP contribution in [0.4, 0.5) is 0 Å². The molecule has 1 saturated heterocycles. The molecule has 0 aromatic heterocycles. The van der Waals surface area contributed by atoms with Gasteiger partial charge in [0.1, 0.15) is 18.1 Å². The molecule has 4 rings (SSSR count). The van der Waals surface area contributed by atoms with Gasteiger partial charge in [-0.15, -0.1) is 0 Å². The van der Waals surface area contributed by atoms with Crippen LogP contribution in [0, 0.1) is 6.92 Å². The smallest absolute Gasteiger partial charge is 0.337 e. The molecule has 8 heteroatoms. The van der Waals surface area contributed by atoms with Gasteiger partial charge in [0.15, 0.2) is 0 Å². The number of likely N-dealkylation sites (N-methyl/N-ethyl adjacent to an activating group) is 1. The van der Waals surface area contributed by atoms with E-state index in [2.05, 4.69) is 0 Å². The Morgan fingerprint density at radius 1 is 0.974 bits per heavy atom. The van der Waals surface area contributed by atoms with Gasteiger partial charge in [0.2, 0.25) is 0 Å². The lowest BCUT2D eigenvalue weighted by Crippen LogP contribution is -2.35. The summed E-state index contributed by atoms with van der Waals surface area (Å²) in [7, 11) is 5.05. The van der Waals surface area contributed by atoms with Crippen LogP contribution < -0.4 is 4.74 Å². The van der Waals surface area contributed by atoms with E-state index in [1.54, 1.807) is 48.5 Å². The normalized spacial score (nSPS) is 16.5. The van der Waals surface area contributed by atoms with E-state index < -0.39 is 23.7 Å². The molecular formula is C31H32N2O6. The summed E-state index contributed by atoms with van der Waals surface area (Å²) in [6.07, 6.45) is 0. The molecule has 3 aromatic carbocycles. The lowest BCUT2D eigenvalue weighted by atomic mass is 9.94. The Labute approximate surface area is 228 Å². The number of ether oxygens (including phenoxy) is 2. The van der Waals surface area contributed by atoms with E-state index in [-0.39, 0.29) is 17.9 Å². The Balaban J connectivity index is 1.66. The van der Waals surface area contributed by atoms with Crippen molar-refractivity contribution in [1.29, 1.82) is 0 Å². The number of benzene rings is 3. The van der Waals surface area contributed by atoms with Crippen LogP contribution in [0.2, 0.25) is 0 Å². The highest BCUT2D eigenvalue weighted by atomic mass is 16.5. The topological polar surface area (TPSA) is 96.4 Å². The summed E-state index contributed by atoms with van der Waals surface area (Å²) in [5.41, 5.74) is 3.51. The van der Waals surface area contributed by atoms with Crippen LogP contribution in [-0.2, 0) is 20.9 Å². The highest BCUT2D eigenvalue weighted by Crippen LogP contribution is 2.39. The third-order valence-corrected chi connectivity index (χ3v) is 6.59. The minimum Gasteiger partial charge on any atom is -0.507 e. The number of rotatable bonds is 9. The number of nitrogens with zero attached hydrogens (tertiary/aromatic N) is 2. The predicted octanol–water partition coefficient (Wildman–Crippen LogP) is 4.34. The molecule has 0 aliphatic carbocycles. The van der Waals surface area contributed by atoms with E-state index in [1.807, 2.05) is 50.2 Å². The Morgan fingerprint density at radius 2 is 1.64 bits per heavy atom. The first-order valence-electron chi connectivity index (χ1n) is 12.6. The number of likely N-dealkylation sites (tertiary alicyclic amines) is 1. The minimum absolute atomic E-state index is 0.00185. The van der Waals surface area contributed by atoms with Crippen molar-refractivity contribution in [3.8, 4) is 5.75 Å². The Kier molecular flexibility index (Phi) is 8.46. The van der Waals surface area contributed by atoms with Crippen molar-refractivity contribution < 1.29 is 29.0 Å². The standard InChI is InChI=1S/C31H32N2O6/c1-20-6-5-7-21(18-20)19-39-25-14-12-23(13-15-25)28(34)26-27(22-8-10-24(11-9-22)31(37)38-4)33(17-16-32(2)3)30(36)29(26)35/h5-15,18,27,34H,16-17,19H2,1-4H3/b28-26-. The molecule has 1 aliphatic rings. The number of esters is 1. The molecule has 1 heterocycles. The van der Waals surface area contributed by atoms with Gasteiger partial charge in [0.25, 0.3) is 11.7 Å². The Hall–Kier alpha value is -4.43. The van der Waals surface area contributed by atoms with E-state index >= 15 is 0 Å². The molecule has 1 atom stereocenters. The quantitative estimate of drug-likeness (QED) is 0.191. The van der Waals surface area contributed by atoms with Crippen molar-refractivity contribution in [2.24, 2.45) is 0 Å². The highest BCUT2D eigenvalue weighted by Gasteiger charge is 2.45. The van der Waals surface area contributed by atoms with Crippen molar-refractivity contribution in [3.05, 3.63) is 106 Å². The maximum Gasteiger partial charge on any atom is 0.337 e. The third-order valence-electron chi connectivity index (χ3n) is 6.59. The average molecular weight is 529 g/mol. The Bertz CT molecular complexity index is 1390. The third kappa shape index (κ3) is 6.18. The second-order valence-corrected chi connectivity index (χ2v) is 9.71. The maximum atomic E-state index is 13.2. The van der Waals surface area contributed by atoms with E-state index in [9.17, 15) is 19.5 Å². The summed E-state index contributed by atoms with van der Waals surface area (Å²) in [6.45, 7) is 3.22. The first kappa shape index (κ1) is 27.6. The fourth-order valence-electron chi connectivity index (χ4n) is 4.52. The first-order valence-corrected chi connectivity index (χ1v) is 12.6. The van der Waals surface area contributed by atoms with Gasteiger partial charge in [-0.1, -0.05) is 42.0 Å². The van der Waals surface area contributed by atoms with Gasteiger partial charge in [-0.2, -0.15) is 0 Å². The monoisotopic (exact) mass is 528 g/mol. The average Bonchev–Trinajstić information content (AvgIpc) is 3.19. The largest absolute Gasteiger partial charge is 0.507 e. The number of Topliss-reactive ketones (excluding diaryl/α,β-unsaturated/α-hetero) is 1. The van der Waals surface area contributed by atoms with Gasteiger partial charge >= 0.3 is 5.97 Å². The number of carbonyl (C=O) groups excluding carboxylic acids is 3. The number of aliphatic hydroxyl groups excluding tert-OH is 1. The second-order valence-electron chi connectivity index (χ2n) is 9.71. The number of carbonyl (C=O) groups is 3. The van der Waals surface area contributed by atoms with Gasteiger partial charge in [0.05, 0.1) is 24.3 Å². The zero-order valence-electron chi connectivity index (χ0n) is 22.5. The summed E-state index contributed by atoms with van der Waals surface area (Å²) < 4.78 is 10.7. The molecule has 39 heavy (non-hydrogen) atoms. The van der Waals surface area contributed by atoms with Crippen molar-refractivity contribution in [2.75, 3.05) is 34.3 Å². The van der Waals surface area contributed by atoms with Crippen molar-refractivity contribution >= 4 is 23.4 Å². The van der Waals surface area contributed by atoms with Gasteiger partial charge < -0.3 is 24.4 Å². The second kappa shape index (κ2) is 12.0. The summed E-state index contributed by atoms with van der Waals surface area (Å²) >= 11 is 0. The van der Waals surface area contributed by atoms with Crippen molar-refractivity contribution in [3.63, 3.8) is 0 Å². The van der Waals surface area contributed by atoms with E-state index in [4.69, 9.17) is 9.47 Å². The SMILES string of the molecule is COC(=O)c1ccc(C2/C(=C(/O)c3ccc(OCc4cccc(C)c4)cc3)C(=O)C(=O)N2CCN(C)C)cc1. The molecule has 3 aromatic rings. The molecule has 202 valence electrons. The molecule has 1 unspecified atom stereocenters. The zero-order valence-corrected chi connectivity index (χ0v) is 22.5. The number of hydrogen-bond acceptors (Lipinski definition) is 7.